The van der Waals surface area contributed by atoms with Gasteiger partial charge in [0.15, 0.2) is 0 Å². The molecular weight excluding hydrogens is 244 g/mol. The maximum Gasteiger partial charge on any atom is 0.137 e. The van der Waals surface area contributed by atoms with Crippen molar-refractivity contribution in [3.05, 3.63) is 29.3 Å². The fourth-order valence-electron chi connectivity index (χ4n) is 2.53. The summed E-state index contributed by atoms with van der Waals surface area (Å²) in [6.07, 6.45) is 4.44. The predicted octanol–water partition coefficient (Wildman–Crippen LogP) is 2.85. The van der Waals surface area contributed by atoms with Crippen LogP contribution in [0.1, 0.15) is 24.3 Å². The molecule has 1 unspecified atom stereocenters. The molecule has 0 spiro atoms. The maximum atomic E-state index is 11.1. The molecule has 2 aromatic rings. The van der Waals surface area contributed by atoms with Gasteiger partial charge in [-0.25, -0.2) is 4.98 Å². The highest BCUT2D eigenvalue weighted by Crippen LogP contribution is 2.25. The number of fused-ring (bicyclic) bond motifs is 1. The monoisotopic (exact) mass is 260 g/mol. The molecule has 1 aromatic heterocycles. The summed E-state index contributed by atoms with van der Waals surface area (Å²) in [5.74, 6) is 0. The lowest BCUT2D eigenvalue weighted by Crippen LogP contribution is -2.39. The molecule has 0 radical (unpaired) electrons. The Labute approximate surface area is 110 Å². The molecule has 1 aromatic carbocycles. The molecule has 1 atom stereocenters. The topological polar surface area (TPSA) is 33.2 Å². The van der Waals surface area contributed by atoms with Crippen LogP contribution in [0.4, 0.5) is 0 Å². The number of thiazole rings is 1. The van der Waals surface area contributed by atoms with E-state index < -0.39 is 0 Å². The summed E-state index contributed by atoms with van der Waals surface area (Å²) in [6, 6.07) is 8.29. The Hall–Kier alpha value is -1.26. The third-order valence-electron chi connectivity index (χ3n) is 3.50. The lowest BCUT2D eigenvalue weighted by atomic mass is 10.0. The van der Waals surface area contributed by atoms with Crippen molar-refractivity contribution >= 4 is 27.8 Å². The van der Waals surface area contributed by atoms with Crippen LogP contribution in [-0.4, -0.2) is 28.8 Å². The van der Waals surface area contributed by atoms with E-state index in [1.54, 1.807) is 11.3 Å². The molecule has 0 amide bonds. The van der Waals surface area contributed by atoms with Crippen LogP contribution in [0.2, 0.25) is 0 Å². The number of hydrogen-bond acceptors (Lipinski definition) is 4. The summed E-state index contributed by atoms with van der Waals surface area (Å²) in [5.41, 5.74) is 1.07. The van der Waals surface area contributed by atoms with Gasteiger partial charge in [-0.3, -0.25) is 4.90 Å². The number of benzene rings is 1. The zero-order valence-electron chi connectivity index (χ0n) is 10.2. The molecule has 0 N–H and O–H groups in total. The summed E-state index contributed by atoms with van der Waals surface area (Å²) in [6.45, 7) is 1.82. The van der Waals surface area contributed by atoms with E-state index >= 15 is 0 Å². The summed E-state index contributed by atoms with van der Waals surface area (Å²) in [7, 11) is 0. The minimum Gasteiger partial charge on any atom is -0.302 e. The van der Waals surface area contributed by atoms with E-state index in [2.05, 4.69) is 16.0 Å². The lowest BCUT2D eigenvalue weighted by molar-refractivity contribution is -0.113. The summed E-state index contributed by atoms with van der Waals surface area (Å²) in [4.78, 5) is 18.0. The van der Waals surface area contributed by atoms with Crippen LogP contribution in [0.3, 0.4) is 0 Å². The molecule has 3 nitrogen and oxygen atoms in total. The number of para-hydroxylation sites is 1. The first kappa shape index (κ1) is 11.8. The van der Waals surface area contributed by atoms with Gasteiger partial charge < -0.3 is 4.79 Å². The predicted molar refractivity (Wildman–Crippen MR) is 73.7 cm³/mol. The van der Waals surface area contributed by atoms with Crippen LogP contribution in [0.25, 0.3) is 10.2 Å². The number of aromatic nitrogens is 1. The quantitative estimate of drug-likeness (QED) is 0.796. The highest BCUT2D eigenvalue weighted by Gasteiger charge is 2.22. The summed E-state index contributed by atoms with van der Waals surface area (Å²) >= 11 is 1.73. The molecule has 4 heteroatoms. The molecule has 0 aliphatic carbocycles. The van der Waals surface area contributed by atoms with E-state index in [1.165, 1.54) is 17.5 Å². The maximum absolute atomic E-state index is 11.1. The Bertz CT molecular complexity index is 518. The number of carbonyl (C=O) groups is 1. The number of piperidine rings is 1. The first-order valence-corrected chi connectivity index (χ1v) is 7.22. The van der Waals surface area contributed by atoms with Gasteiger partial charge in [0.25, 0.3) is 0 Å². The van der Waals surface area contributed by atoms with Crippen molar-refractivity contribution in [2.45, 2.75) is 31.8 Å². The molecule has 1 aliphatic heterocycles. The highest BCUT2D eigenvalue weighted by atomic mass is 32.1. The molecule has 1 aliphatic rings. The standard InChI is InChI=1S/C14H16N2OS/c17-10-11-5-3-4-8-16(11)9-14-15-12-6-1-2-7-13(12)18-14/h1-2,6-7,10-11H,3-5,8-9H2. The Morgan fingerprint density at radius 3 is 3.11 bits per heavy atom. The molecule has 94 valence electrons. The first-order valence-electron chi connectivity index (χ1n) is 6.40. The molecule has 1 fully saturated rings. The van der Waals surface area contributed by atoms with E-state index in [0.29, 0.717) is 0 Å². The second-order valence-corrected chi connectivity index (χ2v) is 5.86. The van der Waals surface area contributed by atoms with Gasteiger partial charge in [0.1, 0.15) is 11.3 Å². The van der Waals surface area contributed by atoms with Crippen LogP contribution in [0.15, 0.2) is 24.3 Å². The second kappa shape index (κ2) is 5.16. The molecule has 0 saturated carbocycles. The summed E-state index contributed by atoms with van der Waals surface area (Å²) < 4.78 is 1.23. The molecule has 1 saturated heterocycles. The van der Waals surface area contributed by atoms with Gasteiger partial charge in [-0.2, -0.15) is 0 Å². The van der Waals surface area contributed by atoms with Crippen molar-refractivity contribution in [2.24, 2.45) is 0 Å². The van der Waals surface area contributed by atoms with Crippen molar-refractivity contribution in [3.8, 4) is 0 Å². The smallest absolute Gasteiger partial charge is 0.137 e. The molecule has 3 rings (SSSR count). The van der Waals surface area contributed by atoms with E-state index in [-0.39, 0.29) is 6.04 Å². The Morgan fingerprint density at radius 1 is 1.39 bits per heavy atom. The van der Waals surface area contributed by atoms with Gasteiger partial charge in [0.05, 0.1) is 22.8 Å². The van der Waals surface area contributed by atoms with Gasteiger partial charge >= 0.3 is 0 Å². The van der Waals surface area contributed by atoms with Crippen molar-refractivity contribution in [3.63, 3.8) is 0 Å². The average molecular weight is 260 g/mol. The van der Waals surface area contributed by atoms with E-state index in [9.17, 15) is 4.79 Å². The number of nitrogens with zero attached hydrogens (tertiary/aromatic N) is 2. The fraction of sp³-hybridized carbons (Fsp3) is 0.429. The van der Waals surface area contributed by atoms with Crippen LogP contribution in [0, 0.1) is 0 Å². The third kappa shape index (κ3) is 2.31. The SMILES string of the molecule is O=CC1CCCCN1Cc1nc2ccccc2s1. The molecule has 0 bridgehead atoms. The van der Waals surface area contributed by atoms with Crippen LogP contribution < -0.4 is 0 Å². The zero-order chi connectivity index (χ0) is 12.4. The van der Waals surface area contributed by atoms with Gasteiger partial charge in [-0.05, 0) is 31.5 Å². The van der Waals surface area contributed by atoms with Crippen molar-refractivity contribution in [1.29, 1.82) is 0 Å². The Morgan fingerprint density at radius 2 is 2.28 bits per heavy atom. The van der Waals surface area contributed by atoms with Crippen molar-refractivity contribution < 1.29 is 4.79 Å². The van der Waals surface area contributed by atoms with Crippen molar-refractivity contribution in [1.82, 2.24) is 9.88 Å². The lowest BCUT2D eigenvalue weighted by Gasteiger charge is -2.31. The Balaban J connectivity index is 1.80. The van der Waals surface area contributed by atoms with E-state index in [4.69, 9.17) is 0 Å². The highest BCUT2D eigenvalue weighted by molar-refractivity contribution is 7.18. The third-order valence-corrected chi connectivity index (χ3v) is 4.52. The van der Waals surface area contributed by atoms with Gasteiger partial charge in [0.2, 0.25) is 0 Å². The van der Waals surface area contributed by atoms with Gasteiger partial charge in [-0.15, -0.1) is 11.3 Å². The Kier molecular flexibility index (Phi) is 3.39. The zero-order valence-corrected chi connectivity index (χ0v) is 11.0. The second-order valence-electron chi connectivity index (χ2n) is 4.75. The van der Waals surface area contributed by atoms with Crippen LogP contribution >= 0.6 is 11.3 Å². The van der Waals surface area contributed by atoms with Crippen molar-refractivity contribution in [2.75, 3.05) is 6.54 Å². The number of carbonyl (C=O) groups excluding carboxylic acids is 1. The normalized spacial score (nSPS) is 21.2. The van der Waals surface area contributed by atoms with Gasteiger partial charge in [0, 0.05) is 0 Å². The molecule has 18 heavy (non-hydrogen) atoms. The van der Waals surface area contributed by atoms with E-state index in [0.717, 1.165) is 36.3 Å². The number of hydrogen-bond donors (Lipinski definition) is 0. The minimum absolute atomic E-state index is 0.0887. The molecular formula is C14H16N2OS. The summed E-state index contributed by atoms with van der Waals surface area (Å²) in [5, 5.41) is 1.12. The molecule has 2 heterocycles. The number of rotatable bonds is 3. The number of aldehydes is 1. The average Bonchev–Trinajstić information content (AvgIpc) is 2.81. The van der Waals surface area contributed by atoms with Gasteiger partial charge in [-0.1, -0.05) is 18.6 Å². The van der Waals surface area contributed by atoms with Crippen LogP contribution in [-0.2, 0) is 11.3 Å². The van der Waals surface area contributed by atoms with Crippen LogP contribution in [0.5, 0.6) is 0 Å². The largest absolute Gasteiger partial charge is 0.302 e. The number of likely N-dealkylation sites (tertiary alicyclic amines) is 1. The minimum atomic E-state index is 0.0887. The fourth-order valence-corrected chi connectivity index (χ4v) is 3.52. The first-order chi connectivity index (χ1) is 8.86. The van der Waals surface area contributed by atoms with E-state index in [1.807, 2.05) is 18.2 Å².